The second kappa shape index (κ2) is 13.2. The largest absolute Gasteiger partial charge is 0.488 e. The first-order chi connectivity index (χ1) is 20.9. The maximum atomic E-state index is 13.3. The van der Waals surface area contributed by atoms with Gasteiger partial charge in [-0.15, -0.1) is 0 Å². The number of rotatable bonds is 8. The first-order valence-electron chi connectivity index (χ1n) is 13.4. The highest BCUT2D eigenvalue weighted by Crippen LogP contribution is 2.27. The van der Waals surface area contributed by atoms with Gasteiger partial charge in [0.05, 0.1) is 17.5 Å². The molecule has 5 aromatic carbocycles. The lowest BCUT2D eigenvalue weighted by Crippen LogP contribution is -2.33. The Morgan fingerprint density at radius 3 is 2.30 bits per heavy atom. The lowest BCUT2D eigenvalue weighted by molar-refractivity contribution is -0.136. The van der Waals surface area contributed by atoms with Crippen molar-refractivity contribution in [1.82, 2.24) is 5.43 Å². The van der Waals surface area contributed by atoms with Gasteiger partial charge in [0.1, 0.15) is 18.2 Å². The number of fused-ring (bicyclic) bond motifs is 1. The van der Waals surface area contributed by atoms with Crippen molar-refractivity contribution < 1.29 is 23.5 Å². The number of hydrazone groups is 1. The molecule has 0 fully saturated rings. The molecule has 5 aromatic rings. The second-order valence-electron chi connectivity index (χ2n) is 9.63. The molecule has 0 radical (unpaired) electrons. The van der Waals surface area contributed by atoms with E-state index >= 15 is 0 Å². The minimum atomic E-state index is -1.03. The number of carbonyl (C=O) groups excluding carboxylic acids is 3. The van der Waals surface area contributed by atoms with Crippen LogP contribution in [0.4, 0.5) is 15.8 Å². The number of halogens is 1. The van der Waals surface area contributed by atoms with Crippen LogP contribution < -0.4 is 20.8 Å². The van der Waals surface area contributed by atoms with Crippen LogP contribution in [0, 0.1) is 12.7 Å². The van der Waals surface area contributed by atoms with Crippen LogP contribution in [-0.2, 0) is 16.2 Å². The Morgan fingerprint density at radius 2 is 1.51 bits per heavy atom. The number of hydrogen-bond donors (Lipinski definition) is 3. The van der Waals surface area contributed by atoms with E-state index in [9.17, 15) is 18.8 Å². The fourth-order valence-electron chi connectivity index (χ4n) is 4.29. The number of para-hydroxylation sites is 1. The van der Waals surface area contributed by atoms with Crippen molar-refractivity contribution in [2.75, 3.05) is 10.6 Å². The van der Waals surface area contributed by atoms with E-state index in [0.717, 1.165) is 21.9 Å². The average Bonchev–Trinajstić information content (AvgIpc) is 3.02. The Labute approximate surface area is 247 Å². The molecule has 43 heavy (non-hydrogen) atoms. The van der Waals surface area contributed by atoms with Gasteiger partial charge in [-0.05, 0) is 65.7 Å². The lowest BCUT2D eigenvalue weighted by atomic mass is 10.0. The fraction of sp³-hybridized carbons (Fsp3) is 0.0588. The minimum absolute atomic E-state index is 0.168. The van der Waals surface area contributed by atoms with Crippen molar-refractivity contribution in [3.05, 3.63) is 137 Å². The summed E-state index contributed by atoms with van der Waals surface area (Å²) in [6.07, 6.45) is 1.40. The standard InChI is InChI=1S/C34H27FN4O4/c1-22-10-17-26(18-11-22)37-32(40)28-8-4-5-9-30(28)38-33(41)34(42)39-36-20-29-27-7-3-2-6-24(27)14-19-31(29)43-21-23-12-15-25(35)16-13-23/h2-20H,21H2,1H3,(H,37,40)(H,38,41)(H,39,42)/b36-20+. The summed E-state index contributed by atoms with van der Waals surface area (Å²) in [5.74, 6) is -2.32. The molecule has 3 amide bonds. The number of anilines is 2. The highest BCUT2D eigenvalue weighted by atomic mass is 19.1. The van der Waals surface area contributed by atoms with E-state index in [1.165, 1.54) is 24.4 Å². The highest BCUT2D eigenvalue weighted by molar-refractivity contribution is 6.40. The predicted octanol–water partition coefficient (Wildman–Crippen LogP) is 6.21. The smallest absolute Gasteiger partial charge is 0.329 e. The predicted molar refractivity (Wildman–Crippen MR) is 165 cm³/mol. The van der Waals surface area contributed by atoms with E-state index in [1.807, 2.05) is 49.4 Å². The van der Waals surface area contributed by atoms with Crippen LogP contribution in [0.2, 0.25) is 0 Å². The maximum Gasteiger partial charge on any atom is 0.329 e. The summed E-state index contributed by atoms with van der Waals surface area (Å²) in [4.78, 5) is 38.2. The van der Waals surface area contributed by atoms with Crippen molar-refractivity contribution in [2.24, 2.45) is 5.10 Å². The molecule has 0 unspecified atom stereocenters. The molecule has 0 atom stereocenters. The van der Waals surface area contributed by atoms with Crippen molar-refractivity contribution >= 4 is 46.1 Å². The number of nitrogens with zero attached hydrogens (tertiary/aromatic N) is 1. The van der Waals surface area contributed by atoms with Crippen LogP contribution in [0.15, 0.2) is 114 Å². The highest BCUT2D eigenvalue weighted by Gasteiger charge is 2.18. The van der Waals surface area contributed by atoms with Gasteiger partial charge in [-0.25, -0.2) is 9.82 Å². The third-order valence-corrected chi connectivity index (χ3v) is 6.53. The van der Waals surface area contributed by atoms with E-state index in [4.69, 9.17) is 4.74 Å². The molecular weight excluding hydrogens is 547 g/mol. The molecule has 0 aromatic heterocycles. The zero-order valence-electron chi connectivity index (χ0n) is 23.1. The van der Waals surface area contributed by atoms with Crippen molar-refractivity contribution in [3.63, 3.8) is 0 Å². The molecule has 9 heteroatoms. The molecule has 0 saturated heterocycles. The summed E-state index contributed by atoms with van der Waals surface area (Å²) in [5.41, 5.74) is 5.59. The molecule has 3 N–H and O–H groups in total. The van der Waals surface area contributed by atoms with Gasteiger partial charge in [0.15, 0.2) is 0 Å². The summed E-state index contributed by atoms with van der Waals surface area (Å²) < 4.78 is 19.3. The van der Waals surface area contributed by atoms with E-state index in [-0.39, 0.29) is 23.7 Å². The molecule has 0 saturated carbocycles. The van der Waals surface area contributed by atoms with E-state index in [0.29, 0.717) is 17.0 Å². The van der Waals surface area contributed by atoms with E-state index < -0.39 is 17.7 Å². The molecule has 0 aliphatic heterocycles. The monoisotopic (exact) mass is 574 g/mol. The molecule has 0 bridgehead atoms. The topological polar surface area (TPSA) is 109 Å². The molecule has 5 rings (SSSR count). The van der Waals surface area contributed by atoms with Crippen molar-refractivity contribution in [3.8, 4) is 5.75 Å². The summed E-state index contributed by atoms with van der Waals surface area (Å²) >= 11 is 0. The van der Waals surface area contributed by atoms with Crippen LogP contribution in [-0.4, -0.2) is 23.9 Å². The van der Waals surface area contributed by atoms with Gasteiger partial charge < -0.3 is 15.4 Å². The average molecular weight is 575 g/mol. The Balaban J connectivity index is 1.27. The Bertz CT molecular complexity index is 1820. The number of aryl methyl sites for hydroxylation is 1. The quantitative estimate of drug-likeness (QED) is 0.116. The van der Waals surface area contributed by atoms with E-state index in [2.05, 4.69) is 21.2 Å². The van der Waals surface area contributed by atoms with Crippen molar-refractivity contribution in [1.29, 1.82) is 0 Å². The molecule has 0 heterocycles. The molecule has 0 aliphatic rings. The number of amides is 3. The molecular formula is C34H27FN4O4. The SMILES string of the molecule is Cc1ccc(NC(=O)c2ccccc2NC(=O)C(=O)N/N=C/c2c(OCc3ccc(F)cc3)ccc3ccccc23)cc1. The number of carbonyl (C=O) groups is 3. The summed E-state index contributed by atoms with van der Waals surface area (Å²) in [6.45, 7) is 2.13. The van der Waals surface area contributed by atoms with Gasteiger partial charge in [0, 0.05) is 11.3 Å². The molecule has 214 valence electrons. The first-order valence-corrected chi connectivity index (χ1v) is 13.4. The van der Waals surface area contributed by atoms with Gasteiger partial charge in [-0.1, -0.05) is 72.3 Å². The molecule has 8 nitrogen and oxygen atoms in total. The van der Waals surface area contributed by atoms with Gasteiger partial charge in [-0.3, -0.25) is 14.4 Å². The van der Waals surface area contributed by atoms with Crippen LogP contribution in [0.1, 0.15) is 27.0 Å². The zero-order chi connectivity index (χ0) is 30.2. The first kappa shape index (κ1) is 28.7. The minimum Gasteiger partial charge on any atom is -0.488 e. The van der Waals surface area contributed by atoms with Gasteiger partial charge >= 0.3 is 11.8 Å². The summed E-state index contributed by atoms with van der Waals surface area (Å²) in [6, 6.07) is 30.9. The van der Waals surface area contributed by atoms with Crippen LogP contribution in [0.5, 0.6) is 5.75 Å². The van der Waals surface area contributed by atoms with Crippen LogP contribution in [0.25, 0.3) is 10.8 Å². The third-order valence-electron chi connectivity index (χ3n) is 6.53. The number of nitrogens with one attached hydrogen (secondary N) is 3. The zero-order valence-corrected chi connectivity index (χ0v) is 23.1. The van der Waals surface area contributed by atoms with Crippen LogP contribution in [0.3, 0.4) is 0 Å². The van der Waals surface area contributed by atoms with Gasteiger partial charge in [0.25, 0.3) is 5.91 Å². The Hall–Kier alpha value is -5.83. The number of benzene rings is 5. The second-order valence-corrected chi connectivity index (χ2v) is 9.63. The van der Waals surface area contributed by atoms with Crippen LogP contribution >= 0.6 is 0 Å². The fourth-order valence-corrected chi connectivity index (χ4v) is 4.29. The molecule has 0 spiro atoms. The van der Waals surface area contributed by atoms with E-state index in [1.54, 1.807) is 48.5 Å². The van der Waals surface area contributed by atoms with Gasteiger partial charge in [0.2, 0.25) is 0 Å². The van der Waals surface area contributed by atoms with Crippen molar-refractivity contribution in [2.45, 2.75) is 13.5 Å². The third kappa shape index (κ3) is 7.28. The number of hydrogen-bond acceptors (Lipinski definition) is 5. The van der Waals surface area contributed by atoms with Gasteiger partial charge in [-0.2, -0.15) is 5.10 Å². The summed E-state index contributed by atoms with van der Waals surface area (Å²) in [7, 11) is 0. The lowest BCUT2D eigenvalue weighted by Gasteiger charge is -2.12. The Kier molecular flexibility index (Phi) is 8.82. The number of ether oxygens (including phenoxy) is 1. The summed E-state index contributed by atoms with van der Waals surface area (Å²) in [5, 5.41) is 11.0. The molecule has 0 aliphatic carbocycles. The Morgan fingerprint density at radius 1 is 0.791 bits per heavy atom. The maximum absolute atomic E-state index is 13.3. The normalized spacial score (nSPS) is 10.8.